The lowest BCUT2D eigenvalue weighted by molar-refractivity contribution is 1.56. The Labute approximate surface area is 89.1 Å². The van der Waals surface area contributed by atoms with Gasteiger partial charge in [-0.25, -0.2) is 0 Å². The van der Waals surface area contributed by atoms with Crippen molar-refractivity contribution >= 4 is 66.7 Å². The second-order valence-electron chi connectivity index (χ2n) is 2.07. The third kappa shape index (κ3) is 2.51. The van der Waals surface area contributed by atoms with Crippen molar-refractivity contribution in [2.45, 2.75) is 6.92 Å². The van der Waals surface area contributed by atoms with Crippen molar-refractivity contribution in [3.8, 4) is 0 Å². The van der Waals surface area contributed by atoms with Crippen LogP contribution in [0.25, 0.3) is 0 Å². The van der Waals surface area contributed by atoms with E-state index >= 15 is 0 Å². The number of hydrogen-bond donors (Lipinski definition) is 0. The standard InChI is InChI=1S/C5H4Cl4SSi/c1-3-2-4(10-5(3)6)11(7,8)9/h2H,1H3. The Balaban J connectivity index is 3.08. The van der Waals surface area contributed by atoms with Crippen molar-refractivity contribution in [2.75, 3.05) is 0 Å². The first-order valence-corrected chi connectivity index (χ1v) is 8.97. The van der Waals surface area contributed by atoms with E-state index in [0.29, 0.717) is 4.34 Å². The van der Waals surface area contributed by atoms with Crippen molar-refractivity contribution in [2.24, 2.45) is 0 Å². The first-order chi connectivity index (χ1) is 4.91. The second kappa shape index (κ2) is 3.44. The molecule has 11 heavy (non-hydrogen) atoms. The molecule has 0 N–H and O–H groups in total. The van der Waals surface area contributed by atoms with E-state index in [1.54, 1.807) is 0 Å². The molecule has 1 rings (SSSR count). The number of aryl methyl sites for hydroxylation is 1. The van der Waals surface area contributed by atoms with Gasteiger partial charge in [0, 0.05) is 4.50 Å². The fourth-order valence-electron chi connectivity index (χ4n) is 0.600. The van der Waals surface area contributed by atoms with E-state index in [4.69, 9.17) is 44.8 Å². The Kier molecular flexibility index (Phi) is 3.18. The first kappa shape index (κ1) is 10.2. The van der Waals surface area contributed by atoms with Gasteiger partial charge in [-0.15, -0.1) is 44.6 Å². The van der Waals surface area contributed by atoms with Crippen LogP contribution in [0.1, 0.15) is 5.56 Å². The van der Waals surface area contributed by atoms with E-state index in [-0.39, 0.29) is 0 Å². The molecule has 0 aliphatic rings. The van der Waals surface area contributed by atoms with Crippen molar-refractivity contribution < 1.29 is 0 Å². The quantitative estimate of drug-likeness (QED) is 0.538. The highest BCUT2D eigenvalue weighted by molar-refractivity contribution is 7.73. The molecule has 0 amide bonds. The molecule has 0 aromatic carbocycles. The summed E-state index contributed by atoms with van der Waals surface area (Å²) in [5.74, 6) is 0. The van der Waals surface area contributed by atoms with Crippen molar-refractivity contribution in [3.05, 3.63) is 16.0 Å². The lowest BCUT2D eigenvalue weighted by Crippen LogP contribution is -2.26. The maximum absolute atomic E-state index is 5.80. The van der Waals surface area contributed by atoms with Crippen LogP contribution in [0.4, 0.5) is 0 Å². The van der Waals surface area contributed by atoms with Crippen molar-refractivity contribution in [1.82, 2.24) is 0 Å². The average Bonchev–Trinajstić information content (AvgIpc) is 2.11. The minimum absolute atomic E-state index is 0.707. The van der Waals surface area contributed by atoms with Crippen LogP contribution in [0.3, 0.4) is 0 Å². The Morgan fingerprint density at radius 2 is 1.91 bits per heavy atom. The molecule has 0 spiro atoms. The van der Waals surface area contributed by atoms with Crippen LogP contribution in [0.2, 0.25) is 4.34 Å². The van der Waals surface area contributed by atoms with E-state index in [1.807, 2.05) is 13.0 Å². The Morgan fingerprint density at radius 3 is 2.09 bits per heavy atom. The molecule has 0 bridgehead atoms. The second-order valence-corrected chi connectivity index (χ2v) is 12.5. The Bertz CT molecular complexity index is 244. The molecule has 0 saturated heterocycles. The van der Waals surface area contributed by atoms with E-state index < -0.39 is 6.00 Å². The minimum atomic E-state index is -2.69. The van der Waals surface area contributed by atoms with Crippen LogP contribution < -0.4 is 4.50 Å². The summed E-state index contributed by atoms with van der Waals surface area (Å²) in [4.78, 5) is 0. The highest BCUT2D eigenvalue weighted by Gasteiger charge is 2.30. The van der Waals surface area contributed by atoms with E-state index in [0.717, 1.165) is 10.1 Å². The number of halogens is 4. The molecule has 0 radical (unpaired) electrons. The molecule has 62 valence electrons. The van der Waals surface area contributed by atoms with Gasteiger partial charge >= 0.3 is 6.00 Å². The number of hydrogen-bond acceptors (Lipinski definition) is 1. The first-order valence-electron chi connectivity index (χ1n) is 2.74. The predicted octanol–water partition coefficient (Wildman–Crippen LogP) is 3.57. The monoisotopic (exact) mass is 264 g/mol. The number of rotatable bonds is 1. The van der Waals surface area contributed by atoms with E-state index in [9.17, 15) is 0 Å². The molecule has 1 aromatic heterocycles. The summed E-state index contributed by atoms with van der Waals surface area (Å²) in [6, 6.07) is -0.854. The summed E-state index contributed by atoms with van der Waals surface area (Å²) in [6.45, 7) is 1.90. The lowest BCUT2D eigenvalue weighted by atomic mass is 10.4. The molecule has 0 nitrogen and oxygen atoms in total. The van der Waals surface area contributed by atoms with Gasteiger partial charge in [-0.2, -0.15) is 0 Å². The van der Waals surface area contributed by atoms with Gasteiger partial charge in [0.05, 0.1) is 4.34 Å². The fraction of sp³-hybridized carbons (Fsp3) is 0.200. The van der Waals surface area contributed by atoms with Gasteiger partial charge in [0.2, 0.25) is 0 Å². The minimum Gasteiger partial charge on any atom is -0.129 e. The van der Waals surface area contributed by atoms with Crippen LogP contribution in [-0.2, 0) is 0 Å². The molecule has 0 aliphatic heterocycles. The van der Waals surface area contributed by atoms with E-state index in [1.165, 1.54) is 11.3 Å². The molecule has 0 atom stereocenters. The molecule has 0 unspecified atom stereocenters. The van der Waals surface area contributed by atoms with Crippen LogP contribution in [0.15, 0.2) is 6.07 Å². The van der Waals surface area contributed by atoms with Crippen LogP contribution in [0.5, 0.6) is 0 Å². The summed E-state index contributed by atoms with van der Waals surface area (Å²) in [6.07, 6.45) is 0. The average molecular weight is 266 g/mol. The normalized spacial score (nSPS) is 12.1. The molecule has 0 aliphatic carbocycles. The van der Waals surface area contributed by atoms with Crippen LogP contribution in [0, 0.1) is 6.92 Å². The summed E-state index contributed by atoms with van der Waals surface area (Å²) in [5, 5.41) is 0. The zero-order valence-electron chi connectivity index (χ0n) is 5.50. The van der Waals surface area contributed by atoms with Crippen LogP contribution in [-0.4, -0.2) is 6.00 Å². The molecule has 1 aromatic rings. The molecular weight excluding hydrogens is 262 g/mol. The van der Waals surface area contributed by atoms with Gasteiger partial charge in [0.15, 0.2) is 0 Å². The summed E-state index contributed by atoms with van der Waals surface area (Å²) in [7, 11) is 0. The number of thiophene rings is 1. The summed E-state index contributed by atoms with van der Waals surface area (Å²) in [5.41, 5.74) is 0.977. The zero-order valence-corrected chi connectivity index (χ0v) is 10.3. The predicted molar refractivity (Wildman–Crippen MR) is 57.0 cm³/mol. The smallest absolute Gasteiger partial charge is 0.129 e. The van der Waals surface area contributed by atoms with Crippen molar-refractivity contribution in [3.63, 3.8) is 0 Å². The summed E-state index contributed by atoms with van der Waals surface area (Å²) >= 11 is 24.4. The molecular formula is C5H4Cl4SSi. The largest absolute Gasteiger partial charge is 0.383 e. The van der Waals surface area contributed by atoms with Gasteiger partial charge in [0.1, 0.15) is 0 Å². The molecule has 6 heteroatoms. The maximum Gasteiger partial charge on any atom is 0.383 e. The third-order valence-corrected chi connectivity index (χ3v) is 7.27. The van der Waals surface area contributed by atoms with Gasteiger partial charge in [0.25, 0.3) is 0 Å². The highest BCUT2D eigenvalue weighted by atomic mass is 35.8. The van der Waals surface area contributed by atoms with Crippen LogP contribution >= 0.6 is 56.2 Å². The van der Waals surface area contributed by atoms with Gasteiger partial charge in [-0.1, -0.05) is 11.6 Å². The lowest BCUT2D eigenvalue weighted by Gasteiger charge is -2.01. The van der Waals surface area contributed by atoms with Gasteiger partial charge in [-0.05, 0) is 18.6 Å². The molecule has 0 saturated carbocycles. The van der Waals surface area contributed by atoms with E-state index in [2.05, 4.69) is 0 Å². The maximum atomic E-state index is 5.80. The van der Waals surface area contributed by atoms with Crippen molar-refractivity contribution in [1.29, 1.82) is 0 Å². The SMILES string of the molecule is Cc1cc([Si](Cl)(Cl)Cl)sc1Cl. The molecule has 1 heterocycles. The third-order valence-electron chi connectivity index (χ3n) is 1.14. The zero-order chi connectivity index (χ0) is 8.65. The fourth-order valence-corrected chi connectivity index (χ4v) is 4.43. The van der Waals surface area contributed by atoms with Gasteiger partial charge < -0.3 is 0 Å². The van der Waals surface area contributed by atoms with Gasteiger partial charge in [-0.3, -0.25) is 0 Å². The summed E-state index contributed by atoms with van der Waals surface area (Å²) < 4.78 is 1.50. The topological polar surface area (TPSA) is 0 Å². The Morgan fingerprint density at radius 1 is 1.36 bits per heavy atom. The Hall–Kier alpha value is 1.08. The highest BCUT2D eigenvalue weighted by Crippen LogP contribution is 2.28. The molecule has 0 fully saturated rings.